The first kappa shape index (κ1) is 11.0. The summed E-state index contributed by atoms with van der Waals surface area (Å²) in [5, 5.41) is 0. The van der Waals surface area contributed by atoms with Crippen molar-refractivity contribution < 1.29 is 18.7 Å². The van der Waals surface area contributed by atoms with Gasteiger partial charge in [-0.2, -0.15) is 0 Å². The van der Waals surface area contributed by atoms with Gasteiger partial charge in [0.05, 0.1) is 12.2 Å². The number of halogens is 1. The number of Topliss-reactive ketones (excluding diaryl/α,β-unsaturated/α-hetero) is 1. The molecule has 0 saturated heterocycles. The normalized spacial score (nSPS) is 14.1. The Morgan fingerprint density at radius 1 is 1.50 bits per heavy atom. The molecule has 1 aliphatic heterocycles. The highest BCUT2D eigenvalue weighted by molar-refractivity contribution is 5.99. The number of benzene rings is 1. The van der Waals surface area contributed by atoms with Crippen molar-refractivity contribution in [3.8, 4) is 5.75 Å². The van der Waals surface area contributed by atoms with Crippen LogP contribution in [0.3, 0.4) is 0 Å². The lowest BCUT2D eigenvalue weighted by atomic mass is 10.0. The van der Waals surface area contributed by atoms with Crippen molar-refractivity contribution >= 4 is 5.78 Å². The summed E-state index contributed by atoms with van der Waals surface area (Å²) in [6.07, 6.45) is 0.181. The number of ether oxygens (including phenoxy) is 2. The molecule has 0 bridgehead atoms. The van der Waals surface area contributed by atoms with Gasteiger partial charge in [0, 0.05) is 12.0 Å². The van der Waals surface area contributed by atoms with Gasteiger partial charge in [-0.15, -0.1) is 0 Å². The molecule has 0 saturated carbocycles. The fraction of sp³-hybridized carbons (Fsp3) is 0.364. The lowest BCUT2D eigenvalue weighted by Crippen LogP contribution is -2.17. The maximum absolute atomic E-state index is 13.3. The molecule has 1 heterocycles. The minimum absolute atomic E-state index is 0.0849. The zero-order chi connectivity index (χ0) is 11.5. The Morgan fingerprint density at radius 3 is 3.06 bits per heavy atom. The van der Waals surface area contributed by atoms with Crippen molar-refractivity contribution in [2.45, 2.75) is 13.0 Å². The quantitative estimate of drug-likeness (QED) is 0.786. The van der Waals surface area contributed by atoms with Gasteiger partial charge in [0.25, 0.3) is 0 Å². The zero-order valence-corrected chi connectivity index (χ0v) is 8.66. The average Bonchev–Trinajstić information content (AvgIpc) is 2.28. The largest absolute Gasteiger partial charge is 0.466 e. The Bertz CT molecular complexity index is 420. The molecule has 0 aromatic heterocycles. The molecule has 0 aliphatic carbocycles. The van der Waals surface area contributed by atoms with Crippen molar-refractivity contribution in [2.75, 3.05) is 13.3 Å². The molecule has 0 atom stereocenters. The van der Waals surface area contributed by atoms with Crippen molar-refractivity contribution in [1.82, 2.24) is 0 Å². The number of carbonyl (C=O) groups is 1. The second kappa shape index (κ2) is 4.59. The second-order valence-corrected chi connectivity index (χ2v) is 3.51. The van der Waals surface area contributed by atoms with Crippen LogP contribution in [0.25, 0.3) is 0 Å². The summed E-state index contributed by atoms with van der Waals surface area (Å²) >= 11 is 0. The highest BCUT2D eigenvalue weighted by Crippen LogP contribution is 2.30. The van der Waals surface area contributed by atoms with Crippen LogP contribution in [-0.4, -0.2) is 19.1 Å². The number of ketones is 1. The minimum Gasteiger partial charge on any atom is -0.466 e. The molecule has 5 heteroatoms. The van der Waals surface area contributed by atoms with Crippen LogP contribution >= 0.6 is 0 Å². The van der Waals surface area contributed by atoms with Crippen LogP contribution in [0.5, 0.6) is 5.75 Å². The summed E-state index contributed by atoms with van der Waals surface area (Å²) in [5.74, 6) is -0.250. The third-order valence-electron chi connectivity index (χ3n) is 2.35. The van der Waals surface area contributed by atoms with Crippen LogP contribution in [0, 0.1) is 5.82 Å². The first-order valence-corrected chi connectivity index (χ1v) is 4.98. The number of carbonyl (C=O) groups excluding carboxylic acids is 1. The van der Waals surface area contributed by atoms with Gasteiger partial charge in [-0.25, -0.2) is 4.39 Å². The number of rotatable bonds is 3. The SMILES string of the molecule is NCCC(=O)c1cc(F)cc2c1OCOC2. The number of hydrogen-bond acceptors (Lipinski definition) is 4. The molecule has 16 heavy (non-hydrogen) atoms. The first-order valence-electron chi connectivity index (χ1n) is 4.98. The molecule has 2 rings (SSSR count). The Hall–Kier alpha value is -1.46. The van der Waals surface area contributed by atoms with E-state index in [-0.39, 0.29) is 37.7 Å². The maximum Gasteiger partial charge on any atom is 0.189 e. The van der Waals surface area contributed by atoms with Gasteiger partial charge in [0.1, 0.15) is 11.6 Å². The van der Waals surface area contributed by atoms with Crippen LogP contribution < -0.4 is 10.5 Å². The molecule has 0 radical (unpaired) electrons. The van der Waals surface area contributed by atoms with E-state index in [1.165, 1.54) is 12.1 Å². The second-order valence-electron chi connectivity index (χ2n) is 3.51. The molecule has 0 spiro atoms. The number of hydrogen-bond donors (Lipinski definition) is 1. The molecule has 86 valence electrons. The summed E-state index contributed by atoms with van der Waals surface area (Å²) in [4.78, 5) is 11.7. The van der Waals surface area contributed by atoms with E-state index in [0.717, 1.165) is 0 Å². The topological polar surface area (TPSA) is 61.6 Å². The monoisotopic (exact) mass is 225 g/mol. The number of fused-ring (bicyclic) bond motifs is 1. The van der Waals surface area contributed by atoms with E-state index < -0.39 is 5.82 Å². The van der Waals surface area contributed by atoms with Gasteiger partial charge in [0.15, 0.2) is 12.6 Å². The van der Waals surface area contributed by atoms with E-state index in [9.17, 15) is 9.18 Å². The molecular formula is C11H12FNO3. The van der Waals surface area contributed by atoms with Crippen molar-refractivity contribution in [3.63, 3.8) is 0 Å². The predicted molar refractivity (Wildman–Crippen MR) is 54.7 cm³/mol. The molecule has 1 aromatic rings. The lowest BCUT2D eigenvalue weighted by Gasteiger charge is -2.20. The van der Waals surface area contributed by atoms with Crippen LogP contribution in [0.2, 0.25) is 0 Å². The Balaban J connectivity index is 2.43. The van der Waals surface area contributed by atoms with Gasteiger partial charge in [0.2, 0.25) is 0 Å². The lowest BCUT2D eigenvalue weighted by molar-refractivity contribution is -0.0170. The van der Waals surface area contributed by atoms with Crippen LogP contribution in [0.1, 0.15) is 22.3 Å². The Morgan fingerprint density at radius 2 is 2.31 bits per heavy atom. The third kappa shape index (κ3) is 2.05. The smallest absolute Gasteiger partial charge is 0.189 e. The molecule has 1 aromatic carbocycles. The van der Waals surface area contributed by atoms with E-state index in [1.807, 2.05) is 0 Å². The van der Waals surface area contributed by atoms with Crippen molar-refractivity contribution in [3.05, 3.63) is 29.1 Å². The van der Waals surface area contributed by atoms with E-state index in [4.69, 9.17) is 15.2 Å². The average molecular weight is 225 g/mol. The fourth-order valence-electron chi connectivity index (χ4n) is 1.65. The summed E-state index contributed by atoms with van der Waals surface area (Å²) < 4.78 is 23.5. The highest BCUT2D eigenvalue weighted by Gasteiger charge is 2.20. The van der Waals surface area contributed by atoms with Gasteiger partial charge in [-0.1, -0.05) is 0 Å². The summed E-state index contributed by atoms with van der Waals surface area (Å²) in [6, 6.07) is 2.50. The maximum atomic E-state index is 13.3. The van der Waals surface area contributed by atoms with E-state index >= 15 is 0 Å². The van der Waals surface area contributed by atoms with Gasteiger partial charge in [-0.05, 0) is 18.7 Å². The number of nitrogens with two attached hydrogens (primary N) is 1. The fourth-order valence-corrected chi connectivity index (χ4v) is 1.65. The molecular weight excluding hydrogens is 213 g/mol. The van der Waals surface area contributed by atoms with Gasteiger partial charge in [-0.3, -0.25) is 4.79 Å². The van der Waals surface area contributed by atoms with Gasteiger partial charge >= 0.3 is 0 Å². The molecule has 0 unspecified atom stereocenters. The van der Waals surface area contributed by atoms with Crippen molar-refractivity contribution in [2.24, 2.45) is 5.73 Å². The molecule has 1 aliphatic rings. The Labute approximate surface area is 92.1 Å². The summed E-state index contributed by atoms with van der Waals surface area (Å²) in [5.41, 5.74) is 6.12. The molecule has 2 N–H and O–H groups in total. The van der Waals surface area contributed by atoms with Crippen LogP contribution in [0.15, 0.2) is 12.1 Å². The van der Waals surface area contributed by atoms with E-state index in [2.05, 4.69) is 0 Å². The van der Waals surface area contributed by atoms with E-state index in [1.54, 1.807) is 0 Å². The predicted octanol–water partition coefficient (Wildman–Crippen LogP) is 1.22. The van der Waals surface area contributed by atoms with Crippen molar-refractivity contribution in [1.29, 1.82) is 0 Å². The first-order chi connectivity index (χ1) is 7.72. The standard InChI is InChI=1S/C11H12FNO3/c12-8-3-7-5-15-6-16-11(7)9(4-8)10(14)1-2-13/h3-4H,1-2,5-6,13H2. The Kier molecular flexibility index (Phi) is 3.17. The third-order valence-corrected chi connectivity index (χ3v) is 2.35. The molecule has 0 fully saturated rings. The zero-order valence-electron chi connectivity index (χ0n) is 8.66. The molecule has 4 nitrogen and oxygen atoms in total. The summed E-state index contributed by atoms with van der Waals surface area (Å²) in [6.45, 7) is 0.582. The summed E-state index contributed by atoms with van der Waals surface area (Å²) in [7, 11) is 0. The van der Waals surface area contributed by atoms with Crippen LogP contribution in [0.4, 0.5) is 4.39 Å². The van der Waals surface area contributed by atoms with Crippen LogP contribution in [-0.2, 0) is 11.3 Å². The van der Waals surface area contributed by atoms with Gasteiger partial charge < -0.3 is 15.2 Å². The molecule has 0 amide bonds. The minimum atomic E-state index is -0.465. The van der Waals surface area contributed by atoms with E-state index in [0.29, 0.717) is 11.3 Å². The highest BCUT2D eigenvalue weighted by atomic mass is 19.1.